The molecule has 0 unspecified atom stereocenters. The number of nitrogens with zero attached hydrogens (tertiary/aromatic N) is 4. The zero-order valence-electron chi connectivity index (χ0n) is 13.3. The minimum absolute atomic E-state index is 0.0827. The number of amides is 1. The third-order valence-corrected chi connectivity index (χ3v) is 4.86. The second-order valence-electron chi connectivity index (χ2n) is 5.75. The molecule has 3 aromatic rings. The summed E-state index contributed by atoms with van der Waals surface area (Å²) in [5, 5.41) is 9.98. The van der Waals surface area contributed by atoms with E-state index in [-0.39, 0.29) is 5.91 Å². The normalized spacial score (nSPS) is 15.3. The molecule has 8 heteroatoms. The number of fused-ring (bicyclic) bond motifs is 3. The van der Waals surface area contributed by atoms with Crippen molar-refractivity contribution < 1.29 is 9.53 Å². The Kier molecular flexibility index (Phi) is 4.07. The molecule has 24 heavy (non-hydrogen) atoms. The number of thioether (sulfide) groups is 1. The maximum Gasteiger partial charge on any atom is 0.233 e. The van der Waals surface area contributed by atoms with Crippen LogP contribution in [0.5, 0.6) is 0 Å². The monoisotopic (exact) mass is 343 g/mol. The number of carbonyl (C=O) groups is 1. The summed E-state index contributed by atoms with van der Waals surface area (Å²) < 4.78 is 5.26. The van der Waals surface area contributed by atoms with Gasteiger partial charge in [-0.3, -0.25) is 4.79 Å². The van der Waals surface area contributed by atoms with E-state index in [1.165, 1.54) is 17.3 Å². The fourth-order valence-corrected chi connectivity index (χ4v) is 3.45. The fraction of sp³-hybridized carbons (Fsp3) is 0.375. The van der Waals surface area contributed by atoms with Crippen LogP contribution in [0, 0.1) is 6.92 Å². The largest absolute Gasteiger partial charge is 0.378 e. The summed E-state index contributed by atoms with van der Waals surface area (Å²) in [5.41, 5.74) is 3.62. The predicted octanol–water partition coefficient (Wildman–Crippen LogP) is 1.77. The van der Waals surface area contributed by atoms with Gasteiger partial charge in [0, 0.05) is 24.0 Å². The van der Waals surface area contributed by atoms with Gasteiger partial charge in [0.05, 0.1) is 19.0 Å². The van der Waals surface area contributed by atoms with Crippen LogP contribution in [0.2, 0.25) is 0 Å². The van der Waals surface area contributed by atoms with E-state index in [1.54, 1.807) is 0 Å². The first-order valence-electron chi connectivity index (χ1n) is 7.82. The van der Waals surface area contributed by atoms with Crippen LogP contribution in [0.4, 0.5) is 0 Å². The molecule has 0 atom stereocenters. The van der Waals surface area contributed by atoms with E-state index in [9.17, 15) is 4.79 Å². The molecule has 1 saturated heterocycles. The number of morpholine rings is 1. The van der Waals surface area contributed by atoms with Crippen LogP contribution in [-0.4, -0.2) is 63.0 Å². The van der Waals surface area contributed by atoms with Crippen LogP contribution in [0.25, 0.3) is 22.1 Å². The molecule has 2 aromatic heterocycles. The summed E-state index contributed by atoms with van der Waals surface area (Å²) in [6.07, 6.45) is 0. The van der Waals surface area contributed by atoms with Crippen LogP contribution in [0.1, 0.15) is 5.56 Å². The molecule has 1 aromatic carbocycles. The third-order valence-electron chi connectivity index (χ3n) is 4.04. The van der Waals surface area contributed by atoms with Crippen molar-refractivity contribution in [1.29, 1.82) is 0 Å². The summed E-state index contributed by atoms with van der Waals surface area (Å²) in [5.74, 6) is 0.395. The van der Waals surface area contributed by atoms with E-state index in [0.29, 0.717) is 42.9 Å². The zero-order chi connectivity index (χ0) is 16.5. The zero-order valence-corrected chi connectivity index (χ0v) is 14.1. The first-order valence-corrected chi connectivity index (χ1v) is 8.80. The maximum atomic E-state index is 12.2. The summed E-state index contributed by atoms with van der Waals surface area (Å²) in [4.78, 5) is 21.7. The van der Waals surface area contributed by atoms with Crippen molar-refractivity contribution in [2.45, 2.75) is 12.1 Å². The average Bonchev–Trinajstić information content (AvgIpc) is 2.97. The van der Waals surface area contributed by atoms with Gasteiger partial charge in [-0.1, -0.05) is 23.4 Å². The molecule has 3 heterocycles. The summed E-state index contributed by atoms with van der Waals surface area (Å²) in [7, 11) is 0. The van der Waals surface area contributed by atoms with Crippen molar-refractivity contribution in [3.8, 4) is 0 Å². The number of aryl methyl sites for hydroxylation is 1. The number of H-pyrrole nitrogens is 1. The molecule has 1 aliphatic heterocycles. The summed E-state index contributed by atoms with van der Waals surface area (Å²) in [6, 6.07) is 6.13. The number of nitrogens with one attached hydrogen (secondary N) is 1. The van der Waals surface area contributed by atoms with E-state index in [4.69, 9.17) is 4.74 Å². The predicted molar refractivity (Wildman–Crippen MR) is 92.0 cm³/mol. The Balaban J connectivity index is 1.52. The van der Waals surface area contributed by atoms with Crippen molar-refractivity contribution in [1.82, 2.24) is 25.1 Å². The minimum Gasteiger partial charge on any atom is -0.378 e. The number of carbonyl (C=O) groups excluding carboxylic acids is 1. The molecule has 1 aliphatic rings. The summed E-state index contributed by atoms with van der Waals surface area (Å²) in [6.45, 7) is 4.56. The molecule has 0 spiro atoms. The highest BCUT2D eigenvalue weighted by atomic mass is 32.2. The van der Waals surface area contributed by atoms with Crippen molar-refractivity contribution in [3.05, 3.63) is 23.8 Å². The first-order chi connectivity index (χ1) is 11.7. The number of hydrogen-bond donors (Lipinski definition) is 1. The summed E-state index contributed by atoms with van der Waals surface area (Å²) >= 11 is 1.31. The Labute approximate surface area is 142 Å². The highest BCUT2D eigenvalue weighted by Gasteiger charge is 2.18. The van der Waals surface area contributed by atoms with E-state index in [0.717, 1.165) is 16.4 Å². The molecular weight excluding hydrogens is 326 g/mol. The second kappa shape index (κ2) is 6.37. The molecule has 1 N–H and O–H groups in total. The van der Waals surface area contributed by atoms with Gasteiger partial charge in [-0.05, 0) is 19.1 Å². The van der Waals surface area contributed by atoms with Gasteiger partial charge in [-0.2, -0.15) is 0 Å². The quantitative estimate of drug-likeness (QED) is 0.730. The van der Waals surface area contributed by atoms with Crippen LogP contribution < -0.4 is 0 Å². The maximum absolute atomic E-state index is 12.2. The van der Waals surface area contributed by atoms with E-state index >= 15 is 0 Å². The first kappa shape index (κ1) is 15.3. The number of ether oxygens (including phenoxy) is 1. The van der Waals surface area contributed by atoms with Crippen molar-refractivity contribution >= 4 is 39.7 Å². The van der Waals surface area contributed by atoms with Gasteiger partial charge in [0.1, 0.15) is 5.52 Å². The van der Waals surface area contributed by atoms with Gasteiger partial charge in [0.25, 0.3) is 0 Å². The molecule has 1 amide bonds. The molecule has 0 radical (unpaired) electrons. The van der Waals surface area contributed by atoms with Crippen LogP contribution in [0.15, 0.2) is 23.4 Å². The topological polar surface area (TPSA) is 84.0 Å². The van der Waals surface area contributed by atoms with Gasteiger partial charge in [0.15, 0.2) is 5.65 Å². The number of aromatic amines is 1. The van der Waals surface area contributed by atoms with E-state index in [2.05, 4.69) is 26.2 Å². The number of hydrogen-bond acceptors (Lipinski definition) is 6. The molecule has 0 bridgehead atoms. The molecule has 7 nitrogen and oxygen atoms in total. The van der Waals surface area contributed by atoms with Gasteiger partial charge >= 0.3 is 0 Å². The Morgan fingerprint density at radius 2 is 2.17 bits per heavy atom. The lowest BCUT2D eigenvalue weighted by molar-refractivity contribution is -0.132. The van der Waals surface area contributed by atoms with Gasteiger partial charge in [-0.25, -0.2) is 4.98 Å². The van der Waals surface area contributed by atoms with Crippen molar-refractivity contribution in [2.24, 2.45) is 0 Å². The number of benzene rings is 1. The van der Waals surface area contributed by atoms with Crippen molar-refractivity contribution in [3.63, 3.8) is 0 Å². The molecular formula is C16H17N5O2S. The Morgan fingerprint density at radius 1 is 1.33 bits per heavy atom. The SMILES string of the molecule is Cc1ccc2[nH]c3nc(SCC(=O)N4CCOCC4)nnc3c2c1. The number of aromatic nitrogens is 4. The minimum atomic E-state index is 0.0827. The van der Waals surface area contributed by atoms with E-state index < -0.39 is 0 Å². The standard InChI is InChI=1S/C16H17N5O2S/c1-10-2-3-12-11(8-10)14-15(17-12)18-16(20-19-14)24-9-13(22)21-4-6-23-7-5-21/h2-3,8H,4-7,9H2,1H3,(H,17,18,20). The highest BCUT2D eigenvalue weighted by molar-refractivity contribution is 7.99. The third kappa shape index (κ3) is 2.94. The molecule has 4 rings (SSSR count). The lowest BCUT2D eigenvalue weighted by atomic mass is 10.2. The van der Waals surface area contributed by atoms with Gasteiger partial charge in [-0.15, -0.1) is 10.2 Å². The fourth-order valence-electron chi connectivity index (χ4n) is 2.76. The molecule has 124 valence electrons. The molecule has 0 saturated carbocycles. The second-order valence-corrected chi connectivity index (χ2v) is 6.69. The Hall–Kier alpha value is -2.19. The van der Waals surface area contributed by atoms with Gasteiger partial charge < -0.3 is 14.6 Å². The lowest BCUT2D eigenvalue weighted by Crippen LogP contribution is -2.41. The van der Waals surface area contributed by atoms with Crippen LogP contribution >= 0.6 is 11.8 Å². The molecule has 0 aliphatic carbocycles. The lowest BCUT2D eigenvalue weighted by Gasteiger charge is -2.26. The van der Waals surface area contributed by atoms with Crippen LogP contribution in [-0.2, 0) is 9.53 Å². The van der Waals surface area contributed by atoms with Crippen LogP contribution in [0.3, 0.4) is 0 Å². The Morgan fingerprint density at radius 3 is 3.00 bits per heavy atom. The highest BCUT2D eigenvalue weighted by Crippen LogP contribution is 2.24. The van der Waals surface area contributed by atoms with Gasteiger partial charge in [0.2, 0.25) is 11.1 Å². The van der Waals surface area contributed by atoms with Crippen molar-refractivity contribution in [2.75, 3.05) is 32.1 Å². The van der Waals surface area contributed by atoms with E-state index in [1.807, 2.05) is 24.0 Å². The smallest absolute Gasteiger partial charge is 0.233 e. The molecule has 1 fully saturated rings. The number of rotatable bonds is 3. The Bertz CT molecular complexity index is 904. The average molecular weight is 343 g/mol.